The number of rotatable bonds is 4. The van der Waals surface area contributed by atoms with Crippen LogP contribution >= 0.6 is 11.8 Å². The quantitative estimate of drug-likeness (QED) is 0.686. The van der Waals surface area contributed by atoms with Crippen molar-refractivity contribution < 1.29 is 18.0 Å². The van der Waals surface area contributed by atoms with Crippen LogP contribution in [-0.2, 0) is 11.0 Å². The zero-order chi connectivity index (χ0) is 15.5. The second-order valence-corrected chi connectivity index (χ2v) is 5.65. The molecule has 0 heterocycles. The molecule has 0 unspecified atom stereocenters. The number of nitrogen functional groups attached to an aromatic ring is 1. The lowest BCUT2D eigenvalue weighted by Crippen LogP contribution is -2.34. The summed E-state index contributed by atoms with van der Waals surface area (Å²) in [4.78, 5) is 13.8. The first-order valence-electron chi connectivity index (χ1n) is 5.98. The van der Waals surface area contributed by atoms with Crippen molar-refractivity contribution in [3.05, 3.63) is 23.8 Å². The van der Waals surface area contributed by atoms with E-state index in [0.29, 0.717) is 4.90 Å². The summed E-state index contributed by atoms with van der Waals surface area (Å²) in [5.74, 6) is 0.0499. The molecule has 0 aromatic heterocycles. The molecule has 7 heteroatoms. The third-order valence-corrected chi connectivity index (χ3v) is 3.93. The third-order valence-electron chi connectivity index (χ3n) is 2.86. The standard InChI is InChI=1S/C13H17F3N2OS/c1-8(2)18(3)12(19)7-20-11-5-4-9(6-10(11)17)13(14,15)16/h4-6,8H,7,17H2,1-3H3. The lowest BCUT2D eigenvalue weighted by Gasteiger charge is -2.21. The highest BCUT2D eigenvalue weighted by molar-refractivity contribution is 8.00. The fraction of sp³-hybridized carbons (Fsp3) is 0.462. The van der Waals surface area contributed by atoms with Gasteiger partial charge in [0.25, 0.3) is 0 Å². The molecule has 3 nitrogen and oxygen atoms in total. The van der Waals surface area contributed by atoms with Crippen molar-refractivity contribution in [3.63, 3.8) is 0 Å². The zero-order valence-corrected chi connectivity index (χ0v) is 12.3. The maximum Gasteiger partial charge on any atom is 0.416 e. The van der Waals surface area contributed by atoms with Gasteiger partial charge >= 0.3 is 6.18 Å². The largest absolute Gasteiger partial charge is 0.416 e. The Kier molecular flexibility index (Phi) is 5.33. The molecule has 0 aliphatic heterocycles. The number of carbonyl (C=O) groups excluding carboxylic acids is 1. The molecule has 112 valence electrons. The topological polar surface area (TPSA) is 46.3 Å². The molecule has 0 radical (unpaired) electrons. The fourth-order valence-electron chi connectivity index (χ4n) is 1.39. The summed E-state index contributed by atoms with van der Waals surface area (Å²) < 4.78 is 37.5. The van der Waals surface area contributed by atoms with E-state index < -0.39 is 11.7 Å². The Hall–Kier alpha value is -1.37. The number of nitrogens with zero attached hydrogens (tertiary/aromatic N) is 1. The fourth-order valence-corrected chi connectivity index (χ4v) is 2.26. The van der Waals surface area contributed by atoms with Gasteiger partial charge in [-0.25, -0.2) is 0 Å². The van der Waals surface area contributed by atoms with Crippen LogP contribution in [0, 0.1) is 0 Å². The van der Waals surface area contributed by atoms with Gasteiger partial charge in [0.05, 0.1) is 11.3 Å². The Bertz CT molecular complexity index is 489. The Morgan fingerprint density at radius 2 is 2.00 bits per heavy atom. The number of halogens is 3. The Morgan fingerprint density at radius 1 is 1.40 bits per heavy atom. The third kappa shape index (κ3) is 4.33. The number of amides is 1. The second-order valence-electron chi connectivity index (χ2n) is 4.64. The molecule has 0 saturated heterocycles. The van der Waals surface area contributed by atoms with Crippen molar-refractivity contribution in [3.8, 4) is 0 Å². The summed E-state index contributed by atoms with van der Waals surface area (Å²) >= 11 is 1.14. The minimum absolute atomic E-state index is 0.0322. The van der Waals surface area contributed by atoms with E-state index in [1.54, 1.807) is 11.9 Å². The summed E-state index contributed by atoms with van der Waals surface area (Å²) in [6.45, 7) is 3.77. The molecule has 0 fully saturated rings. The molecule has 2 N–H and O–H groups in total. The second kappa shape index (κ2) is 6.39. The Labute approximate surface area is 120 Å². The van der Waals surface area contributed by atoms with Crippen LogP contribution in [0.2, 0.25) is 0 Å². The van der Waals surface area contributed by atoms with Gasteiger partial charge in [-0.05, 0) is 32.0 Å². The monoisotopic (exact) mass is 306 g/mol. The summed E-state index contributed by atoms with van der Waals surface area (Å²) in [7, 11) is 1.68. The van der Waals surface area contributed by atoms with E-state index >= 15 is 0 Å². The molecule has 1 aromatic rings. The molecule has 20 heavy (non-hydrogen) atoms. The van der Waals surface area contributed by atoms with Gasteiger partial charge < -0.3 is 10.6 Å². The summed E-state index contributed by atoms with van der Waals surface area (Å²) in [6, 6.07) is 3.23. The average molecular weight is 306 g/mol. The van der Waals surface area contributed by atoms with Crippen molar-refractivity contribution in [2.45, 2.75) is 31.0 Å². The number of anilines is 1. The highest BCUT2D eigenvalue weighted by Gasteiger charge is 2.30. The van der Waals surface area contributed by atoms with Crippen LogP contribution in [0.4, 0.5) is 18.9 Å². The molecule has 0 aliphatic carbocycles. The molecule has 0 aliphatic rings. The number of thioether (sulfide) groups is 1. The van der Waals surface area contributed by atoms with Crippen molar-refractivity contribution in [2.24, 2.45) is 0 Å². The van der Waals surface area contributed by atoms with Crippen LogP contribution in [-0.4, -0.2) is 29.6 Å². The van der Waals surface area contributed by atoms with Gasteiger partial charge in [0.2, 0.25) is 5.91 Å². The maximum atomic E-state index is 12.5. The van der Waals surface area contributed by atoms with Crippen LogP contribution in [0.1, 0.15) is 19.4 Å². The SMILES string of the molecule is CC(C)N(C)C(=O)CSc1ccc(C(F)(F)F)cc1N. The van der Waals surface area contributed by atoms with Crippen molar-refractivity contribution in [1.29, 1.82) is 0 Å². The first kappa shape index (κ1) is 16.7. The lowest BCUT2D eigenvalue weighted by molar-refractivity contribution is -0.137. The normalized spacial score (nSPS) is 11.8. The van der Waals surface area contributed by atoms with Gasteiger partial charge in [-0.2, -0.15) is 13.2 Å². The molecule has 0 atom stereocenters. The van der Waals surface area contributed by atoms with E-state index in [1.807, 2.05) is 13.8 Å². The molecule has 0 bridgehead atoms. The van der Waals surface area contributed by atoms with Gasteiger partial charge in [0, 0.05) is 23.7 Å². The van der Waals surface area contributed by atoms with Gasteiger partial charge in [-0.3, -0.25) is 4.79 Å². The molecule has 1 amide bonds. The van der Waals surface area contributed by atoms with Crippen molar-refractivity contribution >= 4 is 23.4 Å². The van der Waals surface area contributed by atoms with Crippen LogP contribution in [0.25, 0.3) is 0 Å². The van der Waals surface area contributed by atoms with Crippen LogP contribution < -0.4 is 5.73 Å². The molecular formula is C13H17F3N2OS. The van der Waals surface area contributed by atoms with E-state index in [0.717, 1.165) is 23.9 Å². The summed E-state index contributed by atoms with van der Waals surface area (Å²) in [5.41, 5.74) is 4.84. The van der Waals surface area contributed by atoms with E-state index in [4.69, 9.17) is 5.73 Å². The van der Waals surface area contributed by atoms with Crippen LogP contribution in [0.3, 0.4) is 0 Å². The van der Waals surface area contributed by atoms with Crippen molar-refractivity contribution in [2.75, 3.05) is 18.5 Å². The smallest absolute Gasteiger partial charge is 0.398 e. The highest BCUT2D eigenvalue weighted by Crippen LogP contribution is 2.34. The number of hydrogen-bond acceptors (Lipinski definition) is 3. The number of benzene rings is 1. The van der Waals surface area contributed by atoms with Gasteiger partial charge in [-0.15, -0.1) is 11.8 Å². The van der Waals surface area contributed by atoms with E-state index in [2.05, 4.69) is 0 Å². The van der Waals surface area contributed by atoms with Gasteiger partial charge in [-0.1, -0.05) is 0 Å². The number of alkyl halides is 3. The van der Waals surface area contributed by atoms with E-state index in [1.165, 1.54) is 6.07 Å². The highest BCUT2D eigenvalue weighted by atomic mass is 32.2. The Balaban J connectivity index is 2.73. The van der Waals surface area contributed by atoms with Gasteiger partial charge in [0.15, 0.2) is 0 Å². The van der Waals surface area contributed by atoms with Crippen molar-refractivity contribution in [1.82, 2.24) is 4.90 Å². The minimum Gasteiger partial charge on any atom is -0.398 e. The van der Waals surface area contributed by atoms with Crippen LogP contribution in [0.15, 0.2) is 23.1 Å². The predicted molar refractivity (Wildman–Crippen MR) is 74.5 cm³/mol. The van der Waals surface area contributed by atoms with E-state index in [9.17, 15) is 18.0 Å². The summed E-state index contributed by atoms with van der Waals surface area (Å²) in [6.07, 6.45) is -4.41. The van der Waals surface area contributed by atoms with Gasteiger partial charge in [0.1, 0.15) is 0 Å². The Morgan fingerprint density at radius 3 is 2.45 bits per heavy atom. The minimum atomic E-state index is -4.41. The predicted octanol–water partition coefficient (Wildman–Crippen LogP) is 3.25. The van der Waals surface area contributed by atoms with Crippen LogP contribution in [0.5, 0.6) is 0 Å². The number of nitrogens with two attached hydrogens (primary N) is 1. The van der Waals surface area contributed by atoms with E-state index in [-0.39, 0.29) is 23.4 Å². The average Bonchev–Trinajstić information content (AvgIpc) is 2.34. The number of carbonyl (C=O) groups is 1. The molecular weight excluding hydrogens is 289 g/mol. The number of hydrogen-bond donors (Lipinski definition) is 1. The first-order chi connectivity index (χ1) is 9.12. The molecule has 1 rings (SSSR count). The zero-order valence-electron chi connectivity index (χ0n) is 11.5. The molecule has 0 spiro atoms. The summed E-state index contributed by atoms with van der Waals surface area (Å²) in [5, 5.41) is 0. The molecule has 1 aromatic carbocycles. The maximum absolute atomic E-state index is 12.5. The lowest BCUT2D eigenvalue weighted by atomic mass is 10.2. The first-order valence-corrected chi connectivity index (χ1v) is 6.96. The molecule has 0 saturated carbocycles.